The third kappa shape index (κ3) is 2.81. The van der Waals surface area contributed by atoms with Crippen LogP contribution in [0.15, 0.2) is 24.3 Å². The van der Waals surface area contributed by atoms with Crippen molar-refractivity contribution in [2.45, 2.75) is 39.0 Å². The number of aryl methyl sites for hydroxylation is 3. The number of rotatable bonds is 4. The molecular formula is C20H21N7O. The third-order valence-electron chi connectivity index (χ3n) is 5.17. The third-order valence-corrected chi connectivity index (χ3v) is 5.17. The molecule has 4 aromatic rings. The molecule has 1 fully saturated rings. The molecule has 1 N–H and O–H groups in total. The maximum absolute atomic E-state index is 5.30. The predicted octanol–water partition coefficient (Wildman–Crippen LogP) is 3.14. The molecule has 1 aromatic carbocycles. The quantitative estimate of drug-likeness (QED) is 0.589. The average Bonchev–Trinajstić information content (AvgIpc) is 3.25. The number of nitrogens with zero attached hydrogens (tertiary/aromatic N) is 6. The van der Waals surface area contributed by atoms with Gasteiger partial charge in [-0.05, 0) is 39.3 Å². The zero-order valence-corrected chi connectivity index (χ0v) is 16.3. The molecule has 2 unspecified atom stereocenters. The Labute approximate surface area is 162 Å². The van der Waals surface area contributed by atoms with Gasteiger partial charge in [-0.25, -0.2) is 19.9 Å². The first-order valence-corrected chi connectivity index (χ1v) is 9.31. The van der Waals surface area contributed by atoms with Gasteiger partial charge in [0.25, 0.3) is 0 Å². The van der Waals surface area contributed by atoms with Crippen molar-refractivity contribution in [1.82, 2.24) is 34.7 Å². The largest absolute Gasteiger partial charge is 0.497 e. The fraction of sp³-hybridized carbons (Fsp3) is 0.350. The van der Waals surface area contributed by atoms with Crippen LogP contribution >= 0.6 is 0 Å². The summed E-state index contributed by atoms with van der Waals surface area (Å²) in [7, 11) is 1.67. The molecule has 8 heteroatoms. The first kappa shape index (κ1) is 16.9. The number of hydrogen-bond acceptors (Lipinski definition) is 6. The molecule has 3 aromatic heterocycles. The van der Waals surface area contributed by atoms with E-state index in [1.807, 2.05) is 45.0 Å². The fourth-order valence-corrected chi connectivity index (χ4v) is 3.75. The summed E-state index contributed by atoms with van der Waals surface area (Å²) in [5.41, 5.74) is 2.97. The molecule has 142 valence electrons. The van der Waals surface area contributed by atoms with Crippen LogP contribution in [0.1, 0.15) is 47.2 Å². The summed E-state index contributed by atoms with van der Waals surface area (Å²) in [6.07, 6.45) is 1.02. The molecule has 8 nitrogen and oxygen atoms in total. The van der Waals surface area contributed by atoms with E-state index in [0.29, 0.717) is 11.8 Å². The Hall–Kier alpha value is -3.29. The van der Waals surface area contributed by atoms with Gasteiger partial charge in [0, 0.05) is 24.0 Å². The van der Waals surface area contributed by atoms with Gasteiger partial charge in [0.05, 0.1) is 23.8 Å². The number of nitrogens with one attached hydrogen (secondary N) is 1. The van der Waals surface area contributed by atoms with Crippen LogP contribution in [0.2, 0.25) is 0 Å². The number of H-pyrrole nitrogens is 1. The van der Waals surface area contributed by atoms with Crippen LogP contribution in [-0.4, -0.2) is 41.8 Å². The molecule has 2 atom stereocenters. The number of hydrogen-bond donors (Lipinski definition) is 1. The highest BCUT2D eigenvalue weighted by molar-refractivity contribution is 5.77. The Balaban J connectivity index is 1.46. The molecule has 1 aliphatic rings. The van der Waals surface area contributed by atoms with E-state index in [1.165, 1.54) is 0 Å². The highest BCUT2D eigenvalue weighted by atomic mass is 16.5. The van der Waals surface area contributed by atoms with Gasteiger partial charge < -0.3 is 9.72 Å². The molecule has 1 aliphatic carbocycles. The molecule has 28 heavy (non-hydrogen) atoms. The molecule has 1 saturated carbocycles. The van der Waals surface area contributed by atoms with Crippen LogP contribution in [0.25, 0.3) is 16.9 Å². The lowest BCUT2D eigenvalue weighted by Crippen LogP contribution is -2.06. The zero-order chi connectivity index (χ0) is 19.4. The Bertz CT molecular complexity index is 1190. The number of methoxy groups -OCH3 is 1. The SMILES string of the molecule is COc1ccc2nc(C3CC3c3cc(-n4nc(C)nc4C)nc(C)n3)[nH]c2c1. The Morgan fingerprint density at radius 3 is 2.61 bits per heavy atom. The van der Waals surface area contributed by atoms with Gasteiger partial charge in [0.2, 0.25) is 0 Å². The van der Waals surface area contributed by atoms with Gasteiger partial charge in [0.15, 0.2) is 5.82 Å². The van der Waals surface area contributed by atoms with E-state index in [9.17, 15) is 0 Å². The number of fused-ring (bicyclic) bond motifs is 1. The van der Waals surface area contributed by atoms with Crippen LogP contribution in [0, 0.1) is 20.8 Å². The molecular weight excluding hydrogens is 354 g/mol. The van der Waals surface area contributed by atoms with E-state index in [4.69, 9.17) is 9.72 Å². The second-order valence-corrected chi connectivity index (χ2v) is 7.27. The van der Waals surface area contributed by atoms with Crippen molar-refractivity contribution in [2.24, 2.45) is 0 Å². The predicted molar refractivity (Wildman–Crippen MR) is 104 cm³/mol. The molecule has 0 saturated heterocycles. The second-order valence-electron chi connectivity index (χ2n) is 7.27. The lowest BCUT2D eigenvalue weighted by molar-refractivity contribution is 0.415. The van der Waals surface area contributed by atoms with Crippen molar-refractivity contribution in [2.75, 3.05) is 7.11 Å². The van der Waals surface area contributed by atoms with Gasteiger partial charge in [-0.1, -0.05) is 0 Å². The second kappa shape index (κ2) is 6.12. The minimum atomic E-state index is 0.327. The van der Waals surface area contributed by atoms with Crippen LogP contribution in [0.5, 0.6) is 5.75 Å². The van der Waals surface area contributed by atoms with Crippen LogP contribution < -0.4 is 4.74 Å². The summed E-state index contributed by atoms with van der Waals surface area (Å²) in [6, 6.07) is 7.91. The van der Waals surface area contributed by atoms with E-state index in [-0.39, 0.29) is 0 Å². The topological polar surface area (TPSA) is 94.4 Å². The van der Waals surface area contributed by atoms with E-state index >= 15 is 0 Å². The summed E-state index contributed by atoms with van der Waals surface area (Å²) < 4.78 is 7.08. The lowest BCUT2D eigenvalue weighted by atomic mass is 10.2. The average molecular weight is 375 g/mol. The van der Waals surface area contributed by atoms with Crippen molar-refractivity contribution in [3.63, 3.8) is 0 Å². The lowest BCUT2D eigenvalue weighted by Gasteiger charge is -2.06. The molecule has 0 spiro atoms. The number of aromatic amines is 1. The van der Waals surface area contributed by atoms with Crippen LogP contribution in [0.4, 0.5) is 0 Å². The summed E-state index contributed by atoms with van der Waals surface area (Å²) in [5, 5.41) is 4.45. The summed E-state index contributed by atoms with van der Waals surface area (Å²) in [5.74, 6) is 5.54. The maximum atomic E-state index is 5.30. The summed E-state index contributed by atoms with van der Waals surface area (Å²) in [6.45, 7) is 5.72. The minimum absolute atomic E-state index is 0.327. The molecule has 0 aliphatic heterocycles. The number of imidazole rings is 1. The maximum Gasteiger partial charge on any atom is 0.159 e. The Morgan fingerprint density at radius 1 is 1.00 bits per heavy atom. The highest BCUT2D eigenvalue weighted by Crippen LogP contribution is 2.53. The van der Waals surface area contributed by atoms with Gasteiger partial charge >= 0.3 is 0 Å². The molecule has 0 amide bonds. The van der Waals surface area contributed by atoms with Gasteiger partial charge in [-0.3, -0.25) is 0 Å². The van der Waals surface area contributed by atoms with E-state index < -0.39 is 0 Å². The minimum Gasteiger partial charge on any atom is -0.497 e. The van der Waals surface area contributed by atoms with Crippen molar-refractivity contribution in [3.8, 4) is 11.6 Å². The standard InChI is InChI=1S/C20H21N7O/c1-10-22-17(9-19(23-10)27-12(3)21-11(2)26-27)14-8-15(14)20-24-16-6-5-13(28-4)7-18(16)25-20/h5-7,9,14-15H,8H2,1-4H3,(H,24,25). The molecule has 5 rings (SSSR count). The Morgan fingerprint density at radius 2 is 1.86 bits per heavy atom. The molecule has 0 bridgehead atoms. The van der Waals surface area contributed by atoms with Gasteiger partial charge in [-0.2, -0.15) is 4.68 Å². The number of aromatic nitrogens is 7. The summed E-state index contributed by atoms with van der Waals surface area (Å²) >= 11 is 0. The summed E-state index contributed by atoms with van der Waals surface area (Å²) in [4.78, 5) is 21.8. The first-order valence-electron chi connectivity index (χ1n) is 9.31. The number of benzene rings is 1. The normalized spacial score (nSPS) is 18.6. The van der Waals surface area contributed by atoms with Crippen molar-refractivity contribution < 1.29 is 4.74 Å². The van der Waals surface area contributed by atoms with E-state index in [2.05, 4.69) is 25.0 Å². The van der Waals surface area contributed by atoms with E-state index in [0.717, 1.165) is 58.0 Å². The first-order chi connectivity index (χ1) is 13.5. The van der Waals surface area contributed by atoms with Crippen molar-refractivity contribution in [1.29, 1.82) is 0 Å². The van der Waals surface area contributed by atoms with Gasteiger partial charge in [0.1, 0.15) is 29.0 Å². The van der Waals surface area contributed by atoms with Gasteiger partial charge in [-0.15, -0.1) is 5.10 Å². The van der Waals surface area contributed by atoms with Crippen LogP contribution in [-0.2, 0) is 0 Å². The van der Waals surface area contributed by atoms with Crippen LogP contribution in [0.3, 0.4) is 0 Å². The highest BCUT2D eigenvalue weighted by Gasteiger charge is 2.43. The van der Waals surface area contributed by atoms with E-state index in [1.54, 1.807) is 11.8 Å². The smallest absolute Gasteiger partial charge is 0.159 e. The molecule has 0 radical (unpaired) electrons. The monoisotopic (exact) mass is 375 g/mol. The Kier molecular flexibility index (Phi) is 3.68. The van der Waals surface area contributed by atoms with Crippen molar-refractivity contribution >= 4 is 11.0 Å². The zero-order valence-electron chi connectivity index (χ0n) is 16.3. The fourth-order valence-electron chi connectivity index (χ4n) is 3.75. The molecule has 3 heterocycles. The van der Waals surface area contributed by atoms with Crippen molar-refractivity contribution in [3.05, 3.63) is 53.3 Å². The number of ether oxygens (including phenoxy) is 1.